The number of carbonyl (C=O) groups is 2. The highest BCUT2D eigenvalue weighted by Gasteiger charge is 2.10. The zero-order valence-corrected chi connectivity index (χ0v) is 11.3. The van der Waals surface area contributed by atoms with Gasteiger partial charge < -0.3 is 0 Å². The van der Waals surface area contributed by atoms with E-state index in [4.69, 9.17) is 11.6 Å². The summed E-state index contributed by atoms with van der Waals surface area (Å²) in [6, 6.07) is 4.87. The molecule has 2 rings (SSSR count). The molecular weight excluding hydrogens is 280 g/mol. The van der Waals surface area contributed by atoms with Crippen molar-refractivity contribution < 1.29 is 9.59 Å². The average Bonchev–Trinajstić information content (AvgIpc) is 2.48. The lowest BCUT2D eigenvalue weighted by Crippen LogP contribution is -2.42. The number of amides is 2. The molecule has 0 bridgehead atoms. The van der Waals surface area contributed by atoms with Gasteiger partial charge in [-0.05, 0) is 24.6 Å². The van der Waals surface area contributed by atoms with Crippen molar-refractivity contribution in [2.24, 2.45) is 0 Å². The molecule has 6 nitrogen and oxygen atoms in total. The molecule has 1 aromatic heterocycles. The Labute approximate surface area is 120 Å². The molecule has 2 amide bonds. The minimum atomic E-state index is -0.551. The Morgan fingerprint density at radius 1 is 1.15 bits per heavy atom. The first kappa shape index (κ1) is 14.0. The third kappa shape index (κ3) is 3.30. The molecule has 7 heteroatoms. The molecule has 1 heterocycles. The fourth-order valence-corrected chi connectivity index (χ4v) is 1.58. The summed E-state index contributed by atoms with van der Waals surface area (Å²) in [5.74, 6) is -1.02. The topological polar surface area (TPSA) is 84.0 Å². The highest BCUT2D eigenvalue weighted by molar-refractivity contribution is 6.31. The number of nitrogens with one attached hydrogen (secondary N) is 2. The van der Waals surface area contributed by atoms with Crippen LogP contribution in [0.25, 0.3) is 0 Å². The van der Waals surface area contributed by atoms with E-state index in [9.17, 15) is 9.59 Å². The molecule has 102 valence electrons. The van der Waals surface area contributed by atoms with Crippen molar-refractivity contribution in [3.63, 3.8) is 0 Å². The molecule has 20 heavy (non-hydrogen) atoms. The van der Waals surface area contributed by atoms with Crippen molar-refractivity contribution in [3.05, 3.63) is 58.6 Å². The molecule has 0 radical (unpaired) electrons. The maximum Gasteiger partial charge on any atom is 0.289 e. The van der Waals surface area contributed by atoms with E-state index in [1.165, 1.54) is 24.7 Å². The molecule has 0 unspecified atom stereocenters. The number of aryl methyl sites for hydroxylation is 1. The van der Waals surface area contributed by atoms with Gasteiger partial charge in [0, 0.05) is 23.0 Å². The fraction of sp³-hybridized carbons (Fsp3) is 0.0769. The third-order valence-corrected chi connectivity index (χ3v) is 2.93. The van der Waals surface area contributed by atoms with Crippen molar-refractivity contribution in [1.82, 2.24) is 20.8 Å². The van der Waals surface area contributed by atoms with Crippen LogP contribution >= 0.6 is 11.6 Å². The Morgan fingerprint density at radius 3 is 2.55 bits per heavy atom. The van der Waals surface area contributed by atoms with Crippen molar-refractivity contribution >= 4 is 23.4 Å². The van der Waals surface area contributed by atoms with E-state index in [-0.39, 0.29) is 5.69 Å². The molecule has 0 aliphatic carbocycles. The number of aromatic nitrogens is 2. The minimum absolute atomic E-state index is 0.106. The van der Waals surface area contributed by atoms with Crippen molar-refractivity contribution in [2.45, 2.75) is 6.92 Å². The smallest absolute Gasteiger partial charge is 0.267 e. The summed E-state index contributed by atoms with van der Waals surface area (Å²) < 4.78 is 0. The van der Waals surface area contributed by atoms with Crippen LogP contribution in [0.2, 0.25) is 5.02 Å². The van der Waals surface area contributed by atoms with E-state index >= 15 is 0 Å². The molecule has 0 fully saturated rings. The van der Waals surface area contributed by atoms with Crippen molar-refractivity contribution in [2.75, 3.05) is 0 Å². The van der Waals surface area contributed by atoms with Crippen LogP contribution < -0.4 is 10.9 Å². The molecule has 0 spiro atoms. The van der Waals surface area contributed by atoms with Gasteiger partial charge in [0.2, 0.25) is 0 Å². The lowest BCUT2D eigenvalue weighted by molar-refractivity contribution is 0.0843. The van der Waals surface area contributed by atoms with E-state index in [1.807, 2.05) is 6.92 Å². The predicted octanol–water partition coefficient (Wildman–Crippen LogP) is 1.51. The lowest BCUT2D eigenvalue weighted by Gasteiger charge is -2.07. The third-order valence-electron chi connectivity index (χ3n) is 2.52. The van der Waals surface area contributed by atoms with Crippen molar-refractivity contribution in [1.29, 1.82) is 0 Å². The Balaban J connectivity index is 1.98. The van der Waals surface area contributed by atoms with Crippen LogP contribution in [-0.4, -0.2) is 21.8 Å². The van der Waals surface area contributed by atoms with Gasteiger partial charge in [-0.3, -0.25) is 25.4 Å². The lowest BCUT2D eigenvalue weighted by atomic mass is 10.1. The largest absolute Gasteiger partial charge is 0.289 e. The normalized spacial score (nSPS) is 9.90. The zero-order valence-electron chi connectivity index (χ0n) is 10.6. The highest BCUT2D eigenvalue weighted by atomic mass is 35.5. The van der Waals surface area contributed by atoms with Crippen LogP contribution in [0.1, 0.15) is 26.4 Å². The van der Waals surface area contributed by atoms with Crippen LogP contribution in [0.3, 0.4) is 0 Å². The summed E-state index contributed by atoms with van der Waals surface area (Å²) in [7, 11) is 0. The fourth-order valence-electron chi connectivity index (χ4n) is 1.40. The molecule has 0 atom stereocenters. The second-order valence-corrected chi connectivity index (χ2v) is 4.37. The standard InChI is InChI=1S/C13H11ClN4O2/c1-8-2-3-9(6-10(8)14)12(19)17-18-13(20)11-7-15-4-5-16-11/h2-7H,1H3,(H,17,19)(H,18,20). The summed E-state index contributed by atoms with van der Waals surface area (Å²) in [6.07, 6.45) is 4.13. The highest BCUT2D eigenvalue weighted by Crippen LogP contribution is 2.16. The van der Waals surface area contributed by atoms with Gasteiger partial charge in [0.1, 0.15) is 5.69 Å². The van der Waals surface area contributed by atoms with Gasteiger partial charge in [-0.1, -0.05) is 17.7 Å². The Hall–Kier alpha value is -2.47. The molecular formula is C13H11ClN4O2. The van der Waals surface area contributed by atoms with Gasteiger partial charge in [-0.25, -0.2) is 4.98 Å². The van der Waals surface area contributed by atoms with E-state index in [1.54, 1.807) is 12.1 Å². The van der Waals surface area contributed by atoms with Gasteiger partial charge in [0.25, 0.3) is 11.8 Å². The van der Waals surface area contributed by atoms with Crippen LogP contribution in [0.15, 0.2) is 36.8 Å². The number of hydrogen-bond acceptors (Lipinski definition) is 4. The van der Waals surface area contributed by atoms with Gasteiger partial charge in [0.15, 0.2) is 0 Å². The average molecular weight is 291 g/mol. The van der Waals surface area contributed by atoms with Crippen LogP contribution in [0.4, 0.5) is 0 Å². The first-order chi connectivity index (χ1) is 9.58. The maximum atomic E-state index is 11.8. The molecule has 0 saturated heterocycles. The van der Waals surface area contributed by atoms with E-state index < -0.39 is 11.8 Å². The molecule has 0 aliphatic rings. The van der Waals surface area contributed by atoms with Crippen LogP contribution in [0, 0.1) is 6.92 Å². The van der Waals surface area contributed by atoms with Crippen molar-refractivity contribution in [3.8, 4) is 0 Å². The molecule has 1 aromatic carbocycles. The first-order valence-corrected chi connectivity index (χ1v) is 6.08. The zero-order chi connectivity index (χ0) is 14.5. The first-order valence-electron chi connectivity index (χ1n) is 5.71. The minimum Gasteiger partial charge on any atom is -0.267 e. The monoisotopic (exact) mass is 290 g/mol. The number of rotatable bonds is 2. The number of carbonyl (C=O) groups excluding carboxylic acids is 2. The van der Waals surface area contributed by atoms with Gasteiger partial charge in [0.05, 0.1) is 6.20 Å². The summed E-state index contributed by atoms with van der Waals surface area (Å²) >= 11 is 5.93. The van der Waals surface area contributed by atoms with E-state index in [2.05, 4.69) is 20.8 Å². The number of halogens is 1. The van der Waals surface area contributed by atoms with Gasteiger partial charge >= 0.3 is 0 Å². The Morgan fingerprint density at radius 2 is 1.90 bits per heavy atom. The van der Waals surface area contributed by atoms with Crippen LogP contribution in [0.5, 0.6) is 0 Å². The summed E-state index contributed by atoms with van der Waals surface area (Å²) in [5.41, 5.74) is 5.85. The second kappa shape index (κ2) is 6.12. The van der Waals surface area contributed by atoms with Gasteiger partial charge in [-0.15, -0.1) is 0 Å². The summed E-state index contributed by atoms with van der Waals surface area (Å²) in [5, 5.41) is 0.484. The van der Waals surface area contributed by atoms with Crippen LogP contribution in [-0.2, 0) is 0 Å². The molecule has 0 saturated carbocycles. The molecule has 2 aromatic rings. The molecule has 0 aliphatic heterocycles. The predicted molar refractivity (Wildman–Crippen MR) is 73.2 cm³/mol. The quantitative estimate of drug-likeness (QED) is 0.821. The second-order valence-electron chi connectivity index (χ2n) is 3.96. The number of benzene rings is 1. The Bertz CT molecular complexity index is 646. The SMILES string of the molecule is Cc1ccc(C(=O)NNC(=O)c2cnccn2)cc1Cl. The summed E-state index contributed by atoms with van der Waals surface area (Å²) in [4.78, 5) is 31.0. The van der Waals surface area contributed by atoms with Gasteiger partial charge in [-0.2, -0.15) is 0 Å². The molecule has 2 N–H and O–H groups in total. The number of hydrazine groups is 1. The maximum absolute atomic E-state index is 11.8. The number of nitrogens with zero attached hydrogens (tertiary/aromatic N) is 2. The van der Waals surface area contributed by atoms with E-state index in [0.29, 0.717) is 10.6 Å². The number of hydrogen-bond donors (Lipinski definition) is 2. The Kier molecular flexibility index (Phi) is 4.27. The van der Waals surface area contributed by atoms with E-state index in [0.717, 1.165) is 5.56 Å². The summed E-state index contributed by atoms with van der Waals surface area (Å²) in [6.45, 7) is 1.83.